The van der Waals surface area contributed by atoms with Gasteiger partial charge in [-0.1, -0.05) is 0 Å². The minimum atomic E-state index is -1.65. The number of nitrogens with two attached hydrogens (primary N) is 3. The van der Waals surface area contributed by atoms with E-state index in [9.17, 15) is 25.2 Å². The monoisotopic (exact) mass is 604 g/mol. The molecule has 4 rings (SSSR count). The summed E-state index contributed by atoms with van der Waals surface area (Å²) in [4.78, 5) is 13.0. The highest BCUT2D eigenvalue weighted by atomic mass is 16.7. The lowest BCUT2D eigenvalue weighted by molar-refractivity contribution is -0.304. The molecule has 2 aliphatic heterocycles. The maximum absolute atomic E-state index is 13.0. The van der Waals surface area contributed by atoms with E-state index >= 15 is 0 Å². The van der Waals surface area contributed by atoms with E-state index in [2.05, 4.69) is 16.0 Å². The lowest BCUT2D eigenvalue weighted by Gasteiger charge is -2.49. The van der Waals surface area contributed by atoms with Crippen LogP contribution in [0.3, 0.4) is 0 Å². The summed E-state index contributed by atoms with van der Waals surface area (Å²) in [5.74, 6) is -0.117. The first-order chi connectivity index (χ1) is 19.8. The molecule has 3 fully saturated rings. The van der Waals surface area contributed by atoms with Gasteiger partial charge in [0, 0.05) is 31.5 Å². The summed E-state index contributed by atoms with van der Waals surface area (Å²) in [7, 11) is 1.57. The van der Waals surface area contributed by atoms with Crippen molar-refractivity contribution >= 4 is 5.91 Å². The fraction of sp³-hybridized carbons (Fsp3) is 0.885. The molecule has 0 unspecified atom stereocenters. The quantitative estimate of drug-likeness (QED) is 0.0984. The van der Waals surface area contributed by atoms with Gasteiger partial charge < -0.3 is 77.6 Å². The third-order valence-electron chi connectivity index (χ3n) is 8.50. The highest BCUT2D eigenvalue weighted by Gasteiger charge is 2.54. The summed E-state index contributed by atoms with van der Waals surface area (Å²) in [6.07, 6.45) is -4.85. The molecule has 11 atom stereocenters. The summed E-state index contributed by atoms with van der Waals surface area (Å²) in [5.41, 5.74) is 15.4. The van der Waals surface area contributed by atoms with Crippen molar-refractivity contribution in [1.82, 2.24) is 16.0 Å². The van der Waals surface area contributed by atoms with Crippen molar-refractivity contribution in [2.24, 2.45) is 17.2 Å². The number of rotatable bonds is 11. The third kappa shape index (κ3) is 7.23. The van der Waals surface area contributed by atoms with E-state index < -0.39 is 78.3 Å². The zero-order valence-corrected chi connectivity index (χ0v) is 24.1. The van der Waals surface area contributed by atoms with Gasteiger partial charge in [0.1, 0.15) is 41.4 Å². The average Bonchev–Trinajstić information content (AvgIpc) is 2.90. The van der Waals surface area contributed by atoms with Crippen molar-refractivity contribution in [3.63, 3.8) is 0 Å². The van der Waals surface area contributed by atoms with Crippen LogP contribution in [0.1, 0.15) is 32.6 Å². The normalized spacial score (nSPS) is 45.9. The molecular weight excluding hydrogens is 556 g/mol. The molecule has 2 heterocycles. The maximum atomic E-state index is 13.0. The number of amides is 1. The Kier molecular flexibility index (Phi) is 10.8. The number of hydrogen-bond donors (Lipinski definition) is 11. The Hall–Kier alpha value is -1.51. The molecule has 0 aromatic carbocycles. The van der Waals surface area contributed by atoms with Crippen LogP contribution in [0.15, 0.2) is 11.8 Å². The number of carbonyl (C=O) groups excluding carboxylic acids is 1. The smallest absolute Gasteiger partial charge is 0.252 e. The van der Waals surface area contributed by atoms with E-state index in [0.29, 0.717) is 25.3 Å². The van der Waals surface area contributed by atoms with Crippen LogP contribution in [0.2, 0.25) is 0 Å². The molecule has 2 saturated carbocycles. The first kappa shape index (κ1) is 33.4. The summed E-state index contributed by atoms with van der Waals surface area (Å²) in [6.45, 7) is 2.00. The number of hydrogen-bond acceptors (Lipinski definition) is 15. The Bertz CT molecular complexity index is 953. The van der Waals surface area contributed by atoms with Gasteiger partial charge in [0.25, 0.3) is 5.91 Å². The highest BCUT2D eigenvalue weighted by molar-refractivity contribution is 5.86. The molecule has 2 aliphatic carbocycles. The van der Waals surface area contributed by atoms with Gasteiger partial charge in [-0.05, 0) is 32.9 Å². The topological polar surface area (TPSA) is 269 Å². The summed E-state index contributed by atoms with van der Waals surface area (Å²) >= 11 is 0. The Balaban J connectivity index is 1.51. The molecule has 4 aliphatic rings. The van der Waals surface area contributed by atoms with Crippen LogP contribution in [0.4, 0.5) is 0 Å². The molecule has 0 radical (unpaired) electrons. The molecule has 14 N–H and O–H groups in total. The number of aliphatic hydroxyl groups is 5. The van der Waals surface area contributed by atoms with Crippen molar-refractivity contribution in [2.75, 3.05) is 33.4 Å². The van der Waals surface area contributed by atoms with Crippen LogP contribution in [0.5, 0.6) is 0 Å². The minimum absolute atomic E-state index is 0.0366. The molecule has 0 aromatic heterocycles. The van der Waals surface area contributed by atoms with Gasteiger partial charge in [-0.2, -0.15) is 0 Å². The summed E-state index contributed by atoms with van der Waals surface area (Å²) < 4.78 is 23.8. The molecule has 0 bridgehead atoms. The Labute approximate surface area is 244 Å². The van der Waals surface area contributed by atoms with E-state index in [0.717, 1.165) is 0 Å². The molecule has 1 amide bonds. The Morgan fingerprint density at radius 3 is 2.43 bits per heavy atom. The predicted octanol–water partition coefficient (Wildman–Crippen LogP) is -5.22. The van der Waals surface area contributed by atoms with E-state index in [1.807, 2.05) is 6.08 Å². The van der Waals surface area contributed by atoms with Crippen LogP contribution in [0, 0.1) is 0 Å². The van der Waals surface area contributed by atoms with Gasteiger partial charge in [-0.3, -0.25) is 4.79 Å². The third-order valence-corrected chi connectivity index (χ3v) is 8.50. The molecule has 16 heteroatoms. The first-order valence-electron chi connectivity index (χ1n) is 14.4. The van der Waals surface area contributed by atoms with Gasteiger partial charge in [-0.25, -0.2) is 0 Å². The molecule has 0 aromatic rings. The van der Waals surface area contributed by atoms with Crippen LogP contribution in [-0.2, 0) is 23.7 Å². The van der Waals surface area contributed by atoms with E-state index in [4.69, 9.17) is 41.3 Å². The van der Waals surface area contributed by atoms with Crippen molar-refractivity contribution in [3.05, 3.63) is 11.8 Å². The van der Waals surface area contributed by atoms with Crippen LogP contribution in [-0.4, -0.2) is 143 Å². The second-order valence-electron chi connectivity index (χ2n) is 12.1. The van der Waals surface area contributed by atoms with Crippen LogP contribution < -0.4 is 33.2 Å². The van der Waals surface area contributed by atoms with Crippen LogP contribution >= 0.6 is 0 Å². The standard InChI is InChI=1S/C26H48N6O10/c1-25(37)11-39-23(18(35)21(25)30-2)42-20-16(32-24(36)26(38)8-12(27)9-26)7-15(29)19(17(20)34)41-22-14(28)4-3-13(40-22)10-31-5-6-33/h3,12,14-23,30-31,33-35,37-38H,4-11,27-29H2,1-2H3,(H,32,36)/t12?,14-,15+,16-,17+,18-,19-,20+,21-,22-,23-,25+,26?/m1/s1. The fourth-order valence-corrected chi connectivity index (χ4v) is 6.11. The SMILES string of the molecule is CN[C@@H]1[C@@H](O)[C@@H](O[C@@H]2[C@@H](O)[C@H](O[C@H]3OC(CNCCO)=CC[C@H]3N)[C@@H](N)C[C@H]2NC(=O)C2(O)CC(N)C2)OC[C@]1(C)O. The summed E-state index contributed by atoms with van der Waals surface area (Å²) in [5, 5.41) is 61.5. The molecule has 242 valence electrons. The first-order valence-corrected chi connectivity index (χ1v) is 14.4. The molecule has 42 heavy (non-hydrogen) atoms. The lowest BCUT2D eigenvalue weighted by Crippen LogP contribution is -2.70. The van der Waals surface area contributed by atoms with Crippen molar-refractivity contribution in [3.8, 4) is 0 Å². The Morgan fingerprint density at radius 1 is 1.10 bits per heavy atom. The zero-order valence-electron chi connectivity index (χ0n) is 24.1. The van der Waals surface area contributed by atoms with Gasteiger partial charge in [0.2, 0.25) is 6.29 Å². The lowest BCUT2D eigenvalue weighted by atomic mass is 9.75. The van der Waals surface area contributed by atoms with Crippen molar-refractivity contribution in [1.29, 1.82) is 0 Å². The summed E-state index contributed by atoms with van der Waals surface area (Å²) in [6, 6.07) is -3.42. The Morgan fingerprint density at radius 2 is 1.79 bits per heavy atom. The van der Waals surface area contributed by atoms with Gasteiger partial charge in [-0.15, -0.1) is 0 Å². The van der Waals surface area contributed by atoms with Crippen molar-refractivity contribution < 1.29 is 49.3 Å². The fourth-order valence-electron chi connectivity index (χ4n) is 6.11. The molecule has 1 saturated heterocycles. The molecule has 0 spiro atoms. The van der Waals surface area contributed by atoms with E-state index in [1.165, 1.54) is 6.92 Å². The zero-order chi connectivity index (χ0) is 30.8. The predicted molar refractivity (Wildman–Crippen MR) is 147 cm³/mol. The number of carbonyl (C=O) groups is 1. The minimum Gasteiger partial charge on any atom is -0.467 e. The van der Waals surface area contributed by atoms with E-state index in [1.54, 1.807) is 7.05 Å². The number of nitrogens with one attached hydrogen (secondary N) is 3. The number of likely N-dealkylation sites (N-methyl/N-ethyl adjacent to an activating group) is 1. The van der Waals surface area contributed by atoms with Gasteiger partial charge >= 0.3 is 0 Å². The second kappa shape index (κ2) is 13.6. The number of ether oxygens (including phenoxy) is 4. The highest BCUT2D eigenvalue weighted by Crippen LogP contribution is 2.34. The van der Waals surface area contributed by atoms with Gasteiger partial charge in [0.15, 0.2) is 6.29 Å². The van der Waals surface area contributed by atoms with Crippen LogP contribution in [0.25, 0.3) is 0 Å². The van der Waals surface area contributed by atoms with Crippen molar-refractivity contribution in [2.45, 2.75) is 111 Å². The largest absolute Gasteiger partial charge is 0.467 e. The maximum Gasteiger partial charge on any atom is 0.252 e. The molecule has 16 nitrogen and oxygen atoms in total. The second-order valence-corrected chi connectivity index (χ2v) is 12.1. The van der Waals surface area contributed by atoms with E-state index in [-0.39, 0.29) is 38.5 Å². The number of aliphatic hydroxyl groups excluding tert-OH is 3. The average molecular weight is 605 g/mol. The van der Waals surface area contributed by atoms with Gasteiger partial charge in [0.05, 0.1) is 37.9 Å². The molecular formula is C26H48N6O10.